The largest absolute Gasteiger partial charge is 0.481 e. The first kappa shape index (κ1) is 16.8. The van der Waals surface area contributed by atoms with Gasteiger partial charge in [-0.3, -0.25) is 4.79 Å². The monoisotopic (exact) mass is 348 g/mol. The SMILES string of the molecule is Cc1cc(Cl)ccc1O[C@H](C)C(=O)NCCc1nnc2n1CCC2. The van der Waals surface area contributed by atoms with Crippen molar-refractivity contribution in [3.8, 4) is 5.75 Å². The molecule has 1 atom stereocenters. The molecule has 1 aromatic heterocycles. The Morgan fingerprint density at radius 2 is 2.29 bits per heavy atom. The van der Waals surface area contributed by atoms with Crippen LogP contribution in [0.25, 0.3) is 0 Å². The molecule has 1 aromatic carbocycles. The zero-order valence-corrected chi connectivity index (χ0v) is 14.6. The number of nitrogens with one attached hydrogen (secondary N) is 1. The average molecular weight is 349 g/mol. The number of rotatable bonds is 6. The van der Waals surface area contributed by atoms with Crippen molar-refractivity contribution in [2.24, 2.45) is 0 Å². The second-order valence-corrected chi connectivity index (χ2v) is 6.44. The third kappa shape index (κ3) is 3.70. The van der Waals surface area contributed by atoms with Crippen molar-refractivity contribution in [1.29, 1.82) is 0 Å². The minimum atomic E-state index is -0.575. The van der Waals surface area contributed by atoms with E-state index in [9.17, 15) is 4.79 Å². The van der Waals surface area contributed by atoms with Crippen LogP contribution in [-0.2, 0) is 24.2 Å². The van der Waals surface area contributed by atoms with E-state index in [-0.39, 0.29) is 5.91 Å². The summed E-state index contributed by atoms with van der Waals surface area (Å²) in [6.45, 7) is 5.13. The topological polar surface area (TPSA) is 69.0 Å². The molecule has 2 heterocycles. The van der Waals surface area contributed by atoms with E-state index < -0.39 is 6.10 Å². The fourth-order valence-corrected chi connectivity index (χ4v) is 3.05. The van der Waals surface area contributed by atoms with E-state index in [0.717, 1.165) is 36.6 Å². The summed E-state index contributed by atoms with van der Waals surface area (Å²) in [6, 6.07) is 5.34. The summed E-state index contributed by atoms with van der Waals surface area (Å²) in [6.07, 6.45) is 2.21. The van der Waals surface area contributed by atoms with Crippen molar-refractivity contribution in [3.05, 3.63) is 40.4 Å². The smallest absolute Gasteiger partial charge is 0.260 e. The molecular weight excluding hydrogens is 328 g/mol. The van der Waals surface area contributed by atoms with Crippen LogP contribution in [0.4, 0.5) is 0 Å². The van der Waals surface area contributed by atoms with Gasteiger partial charge in [-0.05, 0) is 44.0 Å². The average Bonchev–Trinajstić information content (AvgIpc) is 3.14. The van der Waals surface area contributed by atoms with E-state index in [1.54, 1.807) is 19.1 Å². The Kier molecular flexibility index (Phi) is 5.04. The number of aromatic nitrogens is 3. The number of amides is 1. The van der Waals surface area contributed by atoms with Gasteiger partial charge >= 0.3 is 0 Å². The molecule has 2 aromatic rings. The second kappa shape index (κ2) is 7.21. The van der Waals surface area contributed by atoms with Crippen molar-refractivity contribution < 1.29 is 9.53 Å². The van der Waals surface area contributed by atoms with Crippen LogP contribution < -0.4 is 10.1 Å². The summed E-state index contributed by atoms with van der Waals surface area (Å²) in [7, 11) is 0. The lowest BCUT2D eigenvalue weighted by Crippen LogP contribution is -2.37. The molecule has 0 aliphatic carbocycles. The minimum Gasteiger partial charge on any atom is -0.481 e. The molecule has 1 amide bonds. The lowest BCUT2D eigenvalue weighted by atomic mass is 10.2. The Morgan fingerprint density at radius 3 is 3.08 bits per heavy atom. The standard InChI is InChI=1S/C17H21ClN4O2/c1-11-10-13(18)5-6-14(11)24-12(2)17(23)19-8-7-16-21-20-15-4-3-9-22(15)16/h5-6,10,12H,3-4,7-9H2,1-2H3,(H,19,23)/t12-/m1/s1. The van der Waals surface area contributed by atoms with Crippen molar-refractivity contribution in [3.63, 3.8) is 0 Å². The molecule has 0 radical (unpaired) electrons. The first-order chi connectivity index (χ1) is 11.5. The number of nitrogens with zero attached hydrogens (tertiary/aromatic N) is 3. The highest BCUT2D eigenvalue weighted by molar-refractivity contribution is 6.30. The van der Waals surface area contributed by atoms with Crippen LogP contribution in [0.2, 0.25) is 5.02 Å². The summed E-state index contributed by atoms with van der Waals surface area (Å²) < 4.78 is 7.86. The van der Waals surface area contributed by atoms with Gasteiger partial charge < -0.3 is 14.6 Å². The van der Waals surface area contributed by atoms with E-state index in [1.165, 1.54) is 0 Å². The molecule has 24 heavy (non-hydrogen) atoms. The van der Waals surface area contributed by atoms with E-state index in [4.69, 9.17) is 16.3 Å². The normalized spacial score (nSPS) is 14.3. The molecule has 7 heteroatoms. The van der Waals surface area contributed by atoms with Gasteiger partial charge in [0.15, 0.2) is 6.10 Å². The van der Waals surface area contributed by atoms with Gasteiger partial charge in [0.1, 0.15) is 17.4 Å². The van der Waals surface area contributed by atoms with Crippen LogP contribution in [0, 0.1) is 6.92 Å². The molecule has 0 fully saturated rings. The van der Waals surface area contributed by atoms with Crippen molar-refractivity contribution in [2.75, 3.05) is 6.54 Å². The fourth-order valence-electron chi connectivity index (χ4n) is 2.83. The Labute approximate surface area is 146 Å². The highest BCUT2D eigenvalue weighted by atomic mass is 35.5. The number of fused-ring (bicyclic) bond motifs is 1. The van der Waals surface area contributed by atoms with Crippen LogP contribution in [0.3, 0.4) is 0 Å². The summed E-state index contributed by atoms with van der Waals surface area (Å²) >= 11 is 5.93. The van der Waals surface area contributed by atoms with Crippen molar-refractivity contribution in [2.45, 2.75) is 45.8 Å². The van der Waals surface area contributed by atoms with E-state index in [0.29, 0.717) is 23.7 Å². The number of carbonyl (C=O) groups is 1. The van der Waals surface area contributed by atoms with E-state index in [1.807, 2.05) is 13.0 Å². The number of hydrogen-bond donors (Lipinski definition) is 1. The van der Waals surface area contributed by atoms with Gasteiger partial charge in [-0.2, -0.15) is 0 Å². The van der Waals surface area contributed by atoms with Crippen LogP contribution in [0.1, 0.15) is 30.6 Å². The quantitative estimate of drug-likeness (QED) is 0.869. The first-order valence-corrected chi connectivity index (χ1v) is 8.54. The third-order valence-corrected chi connectivity index (χ3v) is 4.38. The molecule has 1 N–H and O–H groups in total. The molecule has 0 saturated carbocycles. The number of benzene rings is 1. The molecule has 3 rings (SSSR count). The lowest BCUT2D eigenvalue weighted by molar-refractivity contribution is -0.127. The molecule has 0 spiro atoms. The number of halogens is 1. The molecule has 128 valence electrons. The molecule has 1 aliphatic heterocycles. The van der Waals surface area contributed by atoms with Crippen LogP contribution in [-0.4, -0.2) is 33.3 Å². The maximum absolute atomic E-state index is 12.2. The molecule has 1 aliphatic rings. The van der Waals surface area contributed by atoms with Crippen LogP contribution >= 0.6 is 11.6 Å². The van der Waals surface area contributed by atoms with E-state index >= 15 is 0 Å². The number of aryl methyl sites for hydroxylation is 2. The predicted molar refractivity (Wildman–Crippen MR) is 91.3 cm³/mol. The zero-order valence-electron chi connectivity index (χ0n) is 13.9. The maximum atomic E-state index is 12.2. The van der Waals surface area contributed by atoms with Gasteiger partial charge in [0.2, 0.25) is 0 Å². The molecule has 0 unspecified atom stereocenters. The summed E-state index contributed by atoms with van der Waals surface area (Å²) in [4.78, 5) is 12.2. The Hall–Kier alpha value is -2.08. The molecule has 0 bridgehead atoms. The Balaban J connectivity index is 1.49. The zero-order chi connectivity index (χ0) is 17.1. The molecular formula is C17H21ClN4O2. The predicted octanol–water partition coefficient (Wildman–Crippen LogP) is 2.31. The lowest BCUT2D eigenvalue weighted by Gasteiger charge is -2.16. The summed E-state index contributed by atoms with van der Waals surface area (Å²) in [5.41, 5.74) is 0.904. The highest BCUT2D eigenvalue weighted by Crippen LogP contribution is 2.22. The Morgan fingerprint density at radius 1 is 1.46 bits per heavy atom. The Bertz CT molecular complexity index is 744. The summed E-state index contributed by atoms with van der Waals surface area (Å²) in [5.74, 6) is 2.50. The van der Waals surface area contributed by atoms with Gasteiger partial charge in [0.25, 0.3) is 5.91 Å². The van der Waals surface area contributed by atoms with Crippen LogP contribution in [0.5, 0.6) is 5.75 Å². The second-order valence-electron chi connectivity index (χ2n) is 6.00. The van der Waals surface area contributed by atoms with Crippen molar-refractivity contribution >= 4 is 17.5 Å². The molecule has 6 nitrogen and oxygen atoms in total. The molecule has 0 saturated heterocycles. The van der Waals surface area contributed by atoms with Gasteiger partial charge in [-0.1, -0.05) is 11.6 Å². The van der Waals surface area contributed by atoms with E-state index in [2.05, 4.69) is 20.1 Å². The van der Waals surface area contributed by atoms with Gasteiger partial charge in [-0.25, -0.2) is 0 Å². The van der Waals surface area contributed by atoms with Gasteiger partial charge in [0.05, 0.1) is 0 Å². The number of hydrogen-bond acceptors (Lipinski definition) is 4. The first-order valence-electron chi connectivity index (χ1n) is 8.16. The van der Waals surface area contributed by atoms with Crippen LogP contribution in [0.15, 0.2) is 18.2 Å². The number of carbonyl (C=O) groups excluding carboxylic acids is 1. The highest BCUT2D eigenvalue weighted by Gasteiger charge is 2.18. The summed E-state index contributed by atoms with van der Waals surface area (Å²) in [5, 5.41) is 11.9. The minimum absolute atomic E-state index is 0.148. The third-order valence-electron chi connectivity index (χ3n) is 4.14. The maximum Gasteiger partial charge on any atom is 0.260 e. The van der Waals surface area contributed by atoms with Gasteiger partial charge in [0, 0.05) is 31.0 Å². The number of ether oxygens (including phenoxy) is 1. The van der Waals surface area contributed by atoms with Gasteiger partial charge in [-0.15, -0.1) is 10.2 Å². The van der Waals surface area contributed by atoms with Crippen molar-refractivity contribution in [1.82, 2.24) is 20.1 Å². The fraction of sp³-hybridized carbons (Fsp3) is 0.471.